The highest BCUT2D eigenvalue weighted by atomic mass is 35.5. The van der Waals surface area contributed by atoms with Crippen LogP contribution in [0.5, 0.6) is 0 Å². The summed E-state index contributed by atoms with van der Waals surface area (Å²) in [5.74, 6) is -2.01. The summed E-state index contributed by atoms with van der Waals surface area (Å²) in [6.07, 6.45) is -3.18. The molecule has 0 aliphatic rings. The summed E-state index contributed by atoms with van der Waals surface area (Å²) in [7, 11) is 0. The minimum atomic E-state index is -4.52. The molecule has 0 saturated carbocycles. The van der Waals surface area contributed by atoms with E-state index in [9.17, 15) is 22.8 Å². The average Bonchev–Trinajstić information content (AvgIpc) is 2.33. The highest BCUT2D eigenvalue weighted by Gasteiger charge is 2.27. The van der Waals surface area contributed by atoms with Gasteiger partial charge in [-0.05, 0) is 12.1 Å². The Kier molecular flexibility index (Phi) is 5.11. The molecular formula is C10H8ClF3N2O3. The first-order valence-electron chi connectivity index (χ1n) is 4.90. The number of nitrogens with one attached hydrogen (secondary N) is 1. The molecule has 1 amide bonds. The van der Waals surface area contributed by atoms with Crippen molar-refractivity contribution in [1.82, 2.24) is 10.3 Å². The molecule has 1 heterocycles. The second kappa shape index (κ2) is 6.37. The molecule has 0 aliphatic carbocycles. The van der Waals surface area contributed by atoms with Crippen LogP contribution in [0.25, 0.3) is 0 Å². The molecule has 0 spiro atoms. The van der Waals surface area contributed by atoms with Crippen molar-refractivity contribution in [2.24, 2.45) is 0 Å². The molecule has 5 nitrogen and oxygen atoms in total. The minimum absolute atomic E-state index is 0.0761. The lowest BCUT2D eigenvalue weighted by Gasteiger charge is -2.09. The fourth-order valence-corrected chi connectivity index (χ4v) is 1.19. The lowest BCUT2D eigenvalue weighted by atomic mass is 10.3. The van der Waals surface area contributed by atoms with Gasteiger partial charge in [-0.25, -0.2) is 9.78 Å². The fourth-order valence-electron chi connectivity index (χ4n) is 0.997. The van der Waals surface area contributed by atoms with Crippen LogP contribution in [-0.2, 0) is 9.53 Å². The molecule has 1 rings (SSSR count). The van der Waals surface area contributed by atoms with E-state index < -0.39 is 31.2 Å². The molecule has 19 heavy (non-hydrogen) atoms. The van der Waals surface area contributed by atoms with E-state index in [1.165, 1.54) is 18.3 Å². The van der Waals surface area contributed by atoms with Crippen molar-refractivity contribution in [2.45, 2.75) is 6.18 Å². The van der Waals surface area contributed by atoms with Crippen molar-refractivity contribution < 1.29 is 27.5 Å². The van der Waals surface area contributed by atoms with Crippen LogP contribution in [0.15, 0.2) is 18.3 Å². The molecule has 104 valence electrons. The van der Waals surface area contributed by atoms with Gasteiger partial charge in [0.1, 0.15) is 11.7 Å². The largest absolute Gasteiger partial charge is 0.452 e. The van der Waals surface area contributed by atoms with Gasteiger partial charge in [0.2, 0.25) is 0 Å². The maximum Gasteiger partial charge on any atom is 0.405 e. The summed E-state index contributed by atoms with van der Waals surface area (Å²) >= 11 is 5.59. The van der Waals surface area contributed by atoms with E-state index in [1.807, 2.05) is 0 Å². The SMILES string of the molecule is O=C(COC(=O)c1cccnc1Cl)NCC(F)(F)F. The average molecular weight is 297 g/mol. The molecule has 0 radical (unpaired) electrons. The smallest absolute Gasteiger partial charge is 0.405 e. The maximum absolute atomic E-state index is 11.8. The third-order valence-electron chi connectivity index (χ3n) is 1.80. The Morgan fingerprint density at radius 2 is 2.11 bits per heavy atom. The third-order valence-corrected chi connectivity index (χ3v) is 2.10. The van der Waals surface area contributed by atoms with Crippen LogP contribution in [0.1, 0.15) is 10.4 Å². The van der Waals surface area contributed by atoms with Gasteiger partial charge < -0.3 is 10.1 Å². The standard InChI is InChI=1S/C10H8ClF3N2O3/c11-8-6(2-1-3-15-8)9(18)19-4-7(17)16-5-10(12,13)14/h1-3H,4-5H2,(H,16,17). The van der Waals surface area contributed by atoms with E-state index in [0.717, 1.165) is 0 Å². The number of hydrogen-bond donors (Lipinski definition) is 1. The van der Waals surface area contributed by atoms with Crippen molar-refractivity contribution >= 4 is 23.5 Å². The first-order chi connectivity index (χ1) is 8.79. The molecule has 0 bridgehead atoms. The second-order valence-corrected chi connectivity index (χ2v) is 3.67. The zero-order chi connectivity index (χ0) is 14.5. The molecule has 0 aromatic carbocycles. The summed E-state index contributed by atoms with van der Waals surface area (Å²) in [5, 5.41) is 1.43. The number of pyridine rings is 1. The summed E-state index contributed by atoms with van der Waals surface area (Å²) < 4.78 is 39.8. The number of rotatable bonds is 4. The number of esters is 1. The van der Waals surface area contributed by atoms with Crippen LogP contribution in [0.2, 0.25) is 5.15 Å². The highest BCUT2D eigenvalue weighted by molar-refractivity contribution is 6.32. The van der Waals surface area contributed by atoms with E-state index in [0.29, 0.717) is 0 Å². The molecular weight excluding hydrogens is 289 g/mol. The molecule has 1 aromatic heterocycles. The summed E-state index contributed by atoms with van der Waals surface area (Å²) in [5.41, 5.74) is -0.0761. The van der Waals surface area contributed by atoms with Crippen molar-refractivity contribution in [3.8, 4) is 0 Å². The highest BCUT2D eigenvalue weighted by Crippen LogP contribution is 2.13. The van der Waals surface area contributed by atoms with Gasteiger partial charge >= 0.3 is 12.1 Å². The first kappa shape index (κ1) is 15.2. The van der Waals surface area contributed by atoms with Gasteiger partial charge in [-0.2, -0.15) is 13.2 Å². The number of carbonyl (C=O) groups excluding carboxylic acids is 2. The van der Waals surface area contributed by atoms with Gasteiger partial charge in [0.15, 0.2) is 6.61 Å². The van der Waals surface area contributed by atoms with E-state index in [1.54, 1.807) is 5.32 Å². The number of ether oxygens (including phenoxy) is 1. The van der Waals surface area contributed by atoms with Crippen LogP contribution in [0.4, 0.5) is 13.2 Å². The van der Waals surface area contributed by atoms with Crippen molar-refractivity contribution in [3.63, 3.8) is 0 Å². The third kappa shape index (κ3) is 5.56. The zero-order valence-electron chi connectivity index (χ0n) is 9.33. The normalized spacial score (nSPS) is 10.9. The Labute approximate surface area is 110 Å². The summed E-state index contributed by atoms with van der Waals surface area (Å²) in [4.78, 5) is 26.0. The Morgan fingerprint density at radius 3 is 2.68 bits per heavy atom. The number of aromatic nitrogens is 1. The predicted molar refractivity (Wildman–Crippen MR) is 58.6 cm³/mol. The van der Waals surface area contributed by atoms with E-state index >= 15 is 0 Å². The van der Waals surface area contributed by atoms with Gasteiger partial charge in [0.05, 0.1) is 5.56 Å². The topological polar surface area (TPSA) is 68.3 Å². The fraction of sp³-hybridized carbons (Fsp3) is 0.300. The minimum Gasteiger partial charge on any atom is -0.452 e. The number of hydrogen-bond acceptors (Lipinski definition) is 4. The lowest BCUT2D eigenvalue weighted by molar-refractivity contribution is -0.140. The molecule has 1 aromatic rings. The van der Waals surface area contributed by atoms with Crippen LogP contribution in [0, 0.1) is 0 Å². The van der Waals surface area contributed by atoms with Gasteiger partial charge in [-0.15, -0.1) is 0 Å². The van der Waals surface area contributed by atoms with Gasteiger partial charge in [0.25, 0.3) is 5.91 Å². The maximum atomic E-state index is 11.8. The zero-order valence-corrected chi connectivity index (χ0v) is 10.1. The van der Waals surface area contributed by atoms with Crippen molar-refractivity contribution in [1.29, 1.82) is 0 Å². The molecule has 0 saturated heterocycles. The number of halogens is 4. The Bertz CT molecular complexity index is 479. The second-order valence-electron chi connectivity index (χ2n) is 3.31. The van der Waals surface area contributed by atoms with E-state index in [4.69, 9.17) is 11.6 Å². The van der Waals surface area contributed by atoms with Crippen LogP contribution < -0.4 is 5.32 Å². The Morgan fingerprint density at radius 1 is 1.42 bits per heavy atom. The summed E-state index contributed by atoms with van der Waals surface area (Å²) in [6.45, 7) is -2.32. The lowest BCUT2D eigenvalue weighted by Crippen LogP contribution is -2.36. The molecule has 0 fully saturated rings. The van der Waals surface area contributed by atoms with Gasteiger partial charge in [0, 0.05) is 6.20 Å². The quantitative estimate of drug-likeness (QED) is 0.676. The number of amides is 1. The molecule has 1 N–H and O–H groups in total. The van der Waals surface area contributed by atoms with Gasteiger partial charge in [-0.1, -0.05) is 11.6 Å². The Balaban J connectivity index is 2.43. The number of carbonyl (C=O) groups is 2. The van der Waals surface area contributed by atoms with E-state index in [-0.39, 0.29) is 10.7 Å². The molecule has 0 aliphatic heterocycles. The summed E-state index contributed by atoms with van der Waals surface area (Å²) in [6, 6.07) is 2.73. The van der Waals surface area contributed by atoms with Crippen LogP contribution >= 0.6 is 11.6 Å². The number of alkyl halides is 3. The number of nitrogens with zero attached hydrogens (tertiary/aromatic N) is 1. The monoisotopic (exact) mass is 296 g/mol. The van der Waals surface area contributed by atoms with Crippen molar-refractivity contribution in [3.05, 3.63) is 29.0 Å². The van der Waals surface area contributed by atoms with Crippen molar-refractivity contribution in [2.75, 3.05) is 13.2 Å². The Hall–Kier alpha value is -1.83. The molecule has 0 atom stereocenters. The van der Waals surface area contributed by atoms with Gasteiger partial charge in [-0.3, -0.25) is 4.79 Å². The first-order valence-corrected chi connectivity index (χ1v) is 5.28. The van der Waals surface area contributed by atoms with Crippen LogP contribution in [-0.4, -0.2) is 36.2 Å². The predicted octanol–water partition coefficient (Wildman–Crippen LogP) is 1.57. The van der Waals surface area contributed by atoms with E-state index in [2.05, 4.69) is 9.72 Å². The molecule has 0 unspecified atom stereocenters. The molecule has 9 heteroatoms. The van der Waals surface area contributed by atoms with Crippen LogP contribution in [0.3, 0.4) is 0 Å².